The third-order valence-corrected chi connectivity index (χ3v) is 4.98. The van der Waals surface area contributed by atoms with Gasteiger partial charge in [0.1, 0.15) is 12.2 Å². The summed E-state index contributed by atoms with van der Waals surface area (Å²) in [7, 11) is 0. The van der Waals surface area contributed by atoms with Gasteiger partial charge in [-0.05, 0) is 46.5 Å². The predicted octanol–water partition coefficient (Wildman–Crippen LogP) is 1.13. The molecule has 4 atom stereocenters. The molecule has 7 nitrogen and oxygen atoms in total. The second-order valence-electron chi connectivity index (χ2n) is 9.80. The average Bonchev–Trinajstić information content (AvgIpc) is 2.43. The number of aliphatic hydroxyl groups excluding tert-OH is 3. The first-order valence-electron chi connectivity index (χ1n) is 9.73. The van der Waals surface area contributed by atoms with Crippen LogP contribution in [-0.2, 0) is 9.53 Å². The summed E-state index contributed by atoms with van der Waals surface area (Å²) in [6, 6.07) is 0. The van der Waals surface area contributed by atoms with E-state index < -0.39 is 35.2 Å². The minimum absolute atomic E-state index is 0.0847. The highest BCUT2D eigenvalue weighted by molar-refractivity contribution is 5.78. The largest absolute Gasteiger partial charge is 0.459 e. The highest BCUT2D eigenvalue weighted by atomic mass is 16.6. The maximum atomic E-state index is 13.0. The number of nitrogens with zero attached hydrogens (tertiary/aromatic N) is 1. The van der Waals surface area contributed by atoms with Crippen LogP contribution in [0.4, 0.5) is 0 Å². The molecule has 0 aromatic carbocycles. The quantitative estimate of drug-likeness (QED) is 0.391. The van der Waals surface area contributed by atoms with Gasteiger partial charge in [0.25, 0.3) is 0 Å². The van der Waals surface area contributed by atoms with Crippen LogP contribution in [0, 0.1) is 10.8 Å². The molecule has 0 aliphatic carbocycles. The highest BCUT2D eigenvalue weighted by Crippen LogP contribution is 2.41. The summed E-state index contributed by atoms with van der Waals surface area (Å²) in [5, 5.41) is 29.2. The molecule has 0 amide bonds. The molecule has 0 rings (SSSR count). The molecule has 5 N–H and O–H groups in total. The van der Waals surface area contributed by atoms with Gasteiger partial charge in [0.15, 0.2) is 0 Å². The molecule has 0 radical (unpaired) electrons. The lowest BCUT2D eigenvalue weighted by Crippen LogP contribution is -2.56. The number of ether oxygens (including phenoxy) is 1. The highest BCUT2D eigenvalue weighted by Gasteiger charge is 2.49. The Hall–Kier alpha value is -0.730. The van der Waals surface area contributed by atoms with Gasteiger partial charge in [-0.3, -0.25) is 9.69 Å². The Morgan fingerprint density at radius 3 is 1.96 bits per heavy atom. The Morgan fingerprint density at radius 1 is 1.07 bits per heavy atom. The van der Waals surface area contributed by atoms with Crippen LogP contribution in [-0.4, -0.2) is 76.3 Å². The molecule has 0 aliphatic rings. The van der Waals surface area contributed by atoms with Crippen LogP contribution in [0.3, 0.4) is 0 Å². The zero-order valence-electron chi connectivity index (χ0n) is 18.5. The van der Waals surface area contributed by atoms with Gasteiger partial charge in [0, 0.05) is 25.2 Å². The van der Waals surface area contributed by atoms with E-state index >= 15 is 0 Å². The van der Waals surface area contributed by atoms with Crippen molar-refractivity contribution in [3.8, 4) is 0 Å². The van der Waals surface area contributed by atoms with Crippen LogP contribution in [0.25, 0.3) is 0 Å². The van der Waals surface area contributed by atoms with Crippen LogP contribution in [0.2, 0.25) is 0 Å². The third-order valence-electron chi connectivity index (χ3n) is 4.98. The number of nitrogens with two attached hydrogens (primary N) is 1. The van der Waals surface area contributed by atoms with E-state index in [-0.39, 0.29) is 18.6 Å². The van der Waals surface area contributed by atoms with E-state index in [2.05, 4.69) is 0 Å². The van der Waals surface area contributed by atoms with Gasteiger partial charge >= 0.3 is 5.97 Å². The number of hydrogen-bond acceptors (Lipinski definition) is 7. The SMILES string of the molecule is CC(O)CN(CCO)CC(O)C(C)OC(=O)C(C)(CC(C)(C)C)C(C)(C)N. The van der Waals surface area contributed by atoms with Crippen molar-refractivity contribution in [3.05, 3.63) is 0 Å². The van der Waals surface area contributed by atoms with Gasteiger partial charge in [0.2, 0.25) is 0 Å². The van der Waals surface area contributed by atoms with Gasteiger partial charge in [0.05, 0.1) is 18.1 Å². The van der Waals surface area contributed by atoms with E-state index in [1.165, 1.54) is 0 Å². The maximum Gasteiger partial charge on any atom is 0.314 e. The van der Waals surface area contributed by atoms with Crippen molar-refractivity contribution in [1.82, 2.24) is 4.90 Å². The molecule has 0 spiro atoms. The summed E-state index contributed by atoms with van der Waals surface area (Å²) in [6.07, 6.45) is -1.73. The molecule has 27 heavy (non-hydrogen) atoms. The van der Waals surface area contributed by atoms with Crippen LogP contribution >= 0.6 is 0 Å². The van der Waals surface area contributed by atoms with Crippen molar-refractivity contribution in [2.24, 2.45) is 16.6 Å². The zero-order valence-corrected chi connectivity index (χ0v) is 18.5. The normalized spacial score (nSPS) is 18.7. The topological polar surface area (TPSA) is 116 Å². The standard InChI is InChI=1S/C20H42N2O5/c1-14(24)11-22(9-10-23)12-16(25)15(2)27-17(26)20(8,19(6,7)21)13-18(3,4)5/h14-16,23-25H,9-13,21H2,1-8H3. The number of hydrogen-bond donors (Lipinski definition) is 4. The van der Waals surface area contributed by atoms with Crippen molar-refractivity contribution in [2.75, 3.05) is 26.2 Å². The summed E-state index contributed by atoms with van der Waals surface area (Å²) in [5.41, 5.74) is 4.49. The van der Waals surface area contributed by atoms with Gasteiger partial charge in [-0.1, -0.05) is 20.8 Å². The van der Waals surface area contributed by atoms with Crippen LogP contribution in [0.1, 0.15) is 61.8 Å². The second-order valence-corrected chi connectivity index (χ2v) is 9.80. The fourth-order valence-electron chi connectivity index (χ4n) is 3.19. The number of rotatable bonds is 11. The molecular formula is C20H42N2O5. The van der Waals surface area contributed by atoms with E-state index in [0.717, 1.165) is 0 Å². The summed E-state index contributed by atoms with van der Waals surface area (Å²) in [6.45, 7) is 15.6. The first-order chi connectivity index (χ1) is 12.0. The first kappa shape index (κ1) is 26.3. The van der Waals surface area contributed by atoms with Gasteiger partial charge < -0.3 is 25.8 Å². The molecule has 0 bridgehead atoms. The van der Waals surface area contributed by atoms with E-state index in [0.29, 0.717) is 19.5 Å². The summed E-state index contributed by atoms with van der Waals surface area (Å²) < 4.78 is 5.61. The first-order valence-corrected chi connectivity index (χ1v) is 9.73. The maximum absolute atomic E-state index is 13.0. The summed E-state index contributed by atoms with van der Waals surface area (Å²) in [5.74, 6) is -0.430. The molecule has 0 aromatic heterocycles. The Morgan fingerprint density at radius 2 is 1.59 bits per heavy atom. The number of carbonyl (C=O) groups is 1. The average molecular weight is 391 g/mol. The van der Waals surface area contributed by atoms with Crippen LogP contribution in [0.15, 0.2) is 0 Å². The van der Waals surface area contributed by atoms with E-state index in [1.807, 2.05) is 41.5 Å². The Bertz CT molecular complexity index is 456. The van der Waals surface area contributed by atoms with Gasteiger partial charge in [-0.15, -0.1) is 0 Å². The lowest BCUT2D eigenvalue weighted by Gasteiger charge is -2.43. The van der Waals surface area contributed by atoms with E-state index in [4.69, 9.17) is 15.6 Å². The van der Waals surface area contributed by atoms with Crippen LogP contribution < -0.4 is 5.73 Å². The van der Waals surface area contributed by atoms with Crippen molar-refractivity contribution in [2.45, 2.75) is 85.7 Å². The molecule has 4 unspecified atom stereocenters. The van der Waals surface area contributed by atoms with E-state index in [9.17, 15) is 15.0 Å². The molecule has 0 aromatic rings. The molecule has 0 fully saturated rings. The fraction of sp³-hybridized carbons (Fsp3) is 0.950. The molecule has 0 aliphatic heterocycles. The lowest BCUT2D eigenvalue weighted by atomic mass is 9.65. The fourth-order valence-corrected chi connectivity index (χ4v) is 3.19. The number of carbonyl (C=O) groups excluding carboxylic acids is 1. The monoisotopic (exact) mass is 390 g/mol. The Balaban J connectivity index is 5.16. The molecule has 0 saturated heterocycles. The predicted molar refractivity (Wildman–Crippen MR) is 107 cm³/mol. The zero-order chi connectivity index (χ0) is 21.6. The molecule has 0 heterocycles. The van der Waals surface area contributed by atoms with Gasteiger partial charge in [-0.2, -0.15) is 0 Å². The van der Waals surface area contributed by atoms with Gasteiger partial charge in [-0.25, -0.2) is 0 Å². The Labute approximate surface area is 164 Å². The van der Waals surface area contributed by atoms with Crippen LogP contribution in [0.5, 0.6) is 0 Å². The molecule has 7 heteroatoms. The molecule has 162 valence electrons. The lowest BCUT2D eigenvalue weighted by molar-refractivity contribution is -0.172. The van der Waals surface area contributed by atoms with Crippen molar-refractivity contribution < 1.29 is 24.9 Å². The third kappa shape index (κ3) is 8.87. The summed E-state index contributed by atoms with van der Waals surface area (Å²) in [4.78, 5) is 14.7. The molecule has 0 saturated carbocycles. The minimum Gasteiger partial charge on any atom is -0.459 e. The van der Waals surface area contributed by atoms with Crippen molar-refractivity contribution >= 4 is 5.97 Å². The van der Waals surface area contributed by atoms with Crippen molar-refractivity contribution in [3.63, 3.8) is 0 Å². The van der Waals surface area contributed by atoms with E-state index in [1.54, 1.807) is 18.7 Å². The number of esters is 1. The number of aliphatic hydroxyl groups is 3. The minimum atomic E-state index is -0.945. The Kier molecular flexibility index (Phi) is 9.89. The summed E-state index contributed by atoms with van der Waals surface area (Å²) >= 11 is 0. The van der Waals surface area contributed by atoms with Crippen molar-refractivity contribution in [1.29, 1.82) is 0 Å². The second kappa shape index (κ2) is 10.2. The smallest absolute Gasteiger partial charge is 0.314 e. The molecular weight excluding hydrogens is 348 g/mol.